The van der Waals surface area contributed by atoms with Gasteiger partial charge in [-0.25, -0.2) is 0 Å². The lowest BCUT2D eigenvalue weighted by Crippen LogP contribution is -2.16. The molecule has 2 aromatic heterocycles. The van der Waals surface area contributed by atoms with Crippen LogP contribution in [-0.4, -0.2) is 14.7 Å². The Labute approximate surface area is 122 Å². The molecule has 104 valence electrons. The van der Waals surface area contributed by atoms with Gasteiger partial charge in [-0.1, -0.05) is 32.2 Å². The second kappa shape index (κ2) is 5.69. The standard InChI is InChI=1S/C14H20N2OS2/c1-5-9-6-7-10(18-9)8-11(17)12-13(14(2,3)4)15-16-19-12/h6-7,11,17H,5,8H2,1-4H3. The summed E-state index contributed by atoms with van der Waals surface area (Å²) >= 11 is 3.09. The molecule has 19 heavy (non-hydrogen) atoms. The van der Waals surface area contributed by atoms with Crippen LogP contribution in [0.25, 0.3) is 0 Å². The summed E-state index contributed by atoms with van der Waals surface area (Å²) in [5.74, 6) is 0. The first-order chi connectivity index (χ1) is 8.91. The number of nitrogens with zero attached hydrogens (tertiary/aromatic N) is 2. The summed E-state index contributed by atoms with van der Waals surface area (Å²) in [6.45, 7) is 8.44. The molecule has 0 bridgehead atoms. The average Bonchev–Trinajstić information content (AvgIpc) is 2.95. The van der Waals surface area contributed by atoms with Crippen LogP contribution < -0.4 is 0 Å². The van der Waals surface area contributed by atoms with Crippen molar-refractivity contribution in [3.63, 3.8) is 0 Å². The third kappa shape index (κ3) is 3.41. The van der Waals surface area contributed by atoms with Crippen LogP contribution in [0, 0.1) is 0 Å². The van der Waals surface area contributed by atoms with Crippen LogP contribution >= 0.6 is 22.9 Å². The highest BCUT2D eigenvalue weighted by molar-refractivity contribution is 7.12. The molecule has 0 spiro atoms. The Morgan fingerprint density at radius 1 is 1.26 bits per heavy atom. The van der Waals surface area contributed by atoms with E-state index in [-0.39, 0.29) is 5.41 Å². The molecule has 0 aliphatic rings. The van der Waals surface area contributed by atoms with Crippen molar-refractivity contribution in [3.05, 3.63) is 32.5 Å². The Hall–Kier alpha value is -0.780. The van der Waals surface area contributed by atoms with Gasteiger partial charge in [-0.15, -0.1) is 16.4 Å². The van der Waals surface area contributed by atoms with E-state index in [0.29, 0.717) is 6.42 Å². The summed E-state index contributed by atoms with van der Waals surface area (Å²) in [5.41, 5.74) is 0.838. The van der Waals surface area contributed by atoms with Crippen LogP contribution in [0.1, 0.15) is 54.1 Å². The molecule has 1 atom stereocenters. The van der Waals surface area contributed by atoms with Gasteiger partial charge in [0.15, 0.2) is 0 Å². The van der Waals surface area contributed by atoms with Crippen LogP contribution in [0.15, 0.2) is 12.1 Å². The number of aromatic nitrogens is 2. The van der Waals surface area contributed by atoms with E-state index in [2.05, 4.69) is 49.4 Å². The van der Waals surface area contributed by atoms with Crippen molar-refractivity contribution >= 4 is 22.9 Å². The second-order valence-electron chi connectivity index (χ2n) is 5.68. The number of aryl methyl sites for hydroxylation is 1. The van der Waals surface area contributed by atoms with Gasteiger partial charge in [0.05, 0.1) is 16.7 Å². The SMILES string of the molecule is CCc1ccc(CC(O)c2snnc2C(C)(C)C)s1. The van der Waals surface area contributed by atoms with Crippen LogP contribution in [-0.2, 0) is 18.3 Å². The van der Waals surface area contributed by atoms with Crippen LogP contribution in [0.2, 0.25) is 0 Å². The van der Waals surface area contributed by atoms with Crippen LogP contribution in [0.4, 0.5) is 0 Å². The molecule has 0 radical (unpaired) electrons. The smallest absolute Gasteiger partial charge is 0.0965 e. The zero-order valence-electron chi connectivity index (χ0n) is 11.8. The Bertz CT molecular complexity index is 540. The van der Waals surface area contributed by atoms with Gasteiger partial charge < -0.3 is 5.11 Å². The maximum absolute atomic E-state index is 10.4. The van der Waals surface area contributed by atoms with Crippen molar-refractivity contribution in [1.82, 2.24) is 9.59 Å². The summed E-state index contributed by atoms with van der Waals surface area (Å²) in [6, 6.07) is 4.25. The highest BCUT2D eigenvalue weighted by Crippen LogP contribution is 2.33. The Morgan fingerprint density at radius 3 is 2.53 bits per heavy atom. The third-order valence-electron chi connectivity index (χ3n) is 2.99. The highest BCUT2D eigenvalue weighted by atomic mass is 32.1. The first-order valence-corrected chi connectivity index (χ1v) is 8.09. The lowest BCUT2D eigenvalue weighted by Gasteiger charge is -2.18. The lowest BCUT2D eigenvalue weighted by molar-refractivity contribution is 0.180. The zero-order chi connectivity index (χ0) is 14.0. The van der Waals surface area contributed by atoms with Crippen molar-refractivity contribution < 1.29 is 5.11 Å². The molecule has 0 amide bonds. The Kier molecular flexibility index (Phi) is 4.38. The Balaban J connectivity index is 2.16. The van der Waals surface area contributed by atoms with Gasteiger partial charge in [-0.2, -0.15) is 0 Å². The predicted molar refractivity (Wildman–Crippen MR) is 81.0 cm³/mol. The molecule has 0 fully saturated rings. The number of hydrogen-bond donors (Lipinski definition) is 1. The largest absolute Gasteiger partial charge is 0.387 e. The van der Waals surface area contributed by atoms with Gasteiger partial charge in [0.25, 0.3) is 0 Å². The highest BCUT2D eigenvalue weighted by Gasteiger charge is 2.26. The number of hydrogen-bond acceptors (Lipinski definition) is 5. The molecule has 3 nitrogen and oxygen atoms in total. The quantitative estimate of drug-likeness (QED) is 0.935. The minimum Gasteiger partial charge on any atom is -0.387 e. The molecular weight excluding hydrogens is 276 g/mol. The molecule has 0 saturated heterocycles. The van der Waals surface area contributed by atoms with E-state index < -0.39 is 6.10 Å². The number of rotatable bonds is 4. The lowest BCUT2D eigenvalue weighted by atomic mass is 9.90. The molecule has 0 aliphatic heterocycles. The fraction of sp³-hybridized carbons (Fsp3) is 0.571. The molecule has 0 aromatic carbocycles. The summed E-state index contributed by atoms with van der Waals surface area (Å²) < 4.78 is 4.01. The van der Waals surface area contributed by atoms with Gasteiger partial charge in [-0.3, -0.25) is 0 Å². The molecule has 1 unspecified atom stereocenters. The van der Waals surface area contributed by atoms with E-state index in [1.165, 1.54) is 21.3 Å². The minimum absolute atomic E-state index is 0.0760. The van der Waals surface area contributed by atoms with Crippen molar-refractivity contribution in [2.75, 3.05) is 0 Å². The fourth-order valence-electron chi connectivity index (χ4n) is 1.94. The summed E-state index contributed by atoms with van der Waals surface area (Å²) in [7, 11) is 0. The molecule has 0 saturated carbocycles. The molecule has 2 rings (SSSR count). The Morgan fingerprint density at radius 2 is 1.95 bits per heavy atom. The summed E-state index contributed by atoms with van der Waals surface area (Å²) in [5, 5.41) is 14.6. The molecular formula is C14H20N2OS2. The van der Waals surface area contributed by atoms with Crippen LogP contribution in [0.5, 0.6) is 0 Å². The fourth-order valence-corrected chi connectivity index (χ4v) is 3.78. The van der Waals surface area contributed by atoms with Crippen LogP contribution in [0.3, 0.4) is 0 Å². The van der Waals surface area contributed by atoms with Crippen molar-refractivity contribution in [1.29, 1.82) is 0 Å². The van der Waals surface area contributed by atoms with E-state index in [4.69, 9.17) is 0 Å². The van der Waals surface area contributed by atoms with E-state index in [1.807, 2.05) is 0 Å². The molecule has 0 aliphatic carbocycles. The first kappa shape index (κ1) is 14.6. The van der Waals surface area contributed by atoms with Gasteiger partial charge in [0.1, 0.15) is 0 Å². The summed E-state index contributed by atoms with van der Waals surface area (Å²) in [6.07, 6.45) is 1.20. The molecule has 5 heteroatoms. The monoisotopic (exact) mass is 296 g/mol. The maximum atomic E-state index is 10.4. The van der Waals surface area contributed by atoms with Crippen molar-refractivity contribution in [2.24, 2.45) is 0 Å². The topological polar surface area (TPSA) is 46.0 Å². The van der Waals surface area contributed by atoms with E-state index in [9.17, 15) is 5.11 Å². The van der Waals surface area contributed by atoms with Crippen molar-refractivity contribution in [3.8, 4) is 0 Å². The number of aliphatic hydroxyl groups excluding tert-OH is 1. The van der Waals surface area contributed by atoms with Gasteiger partial charge in [0.2, 0.25) is 0 Å². The minimum atomic E-state index is -0.502. The van der Waals surface area contributed by atoms with E-state index in [0.717, 1.165) is 17.0 Å². The van der Waals surface area contributed by atoms with Gasteiger partial charge in [0, 0.05) is 21.6 Å². The predicted octanol–water partition coefficient (Wildman–Crippen LogP) is 3.74. The van der Waals surface area contributed by atoms with Gasteiger partial charge >= 0.3 is 0 Å². The molecule has 2 heterocycles. The third-order valence-corrected chi connectivity index (χ3v) is 5.06. The normalized spacial score (nSPS) is 13.7. The van der Waals surface area contributed by atoms with E-state index >= 15 is 0 Å². The van der Waals surface area contributed by atoms with Gasteiger partial charge in [-0.05, 0) is 30.1 Å². The van der Waals surface area contributed by atoms with Crippen molar-refractivity contribution in [2.45, 2.75) is 52.1 Å². The van der Waals surface area contributed by atoms with E-state index in [1.54, 1.807) is 11.3 Å². The second-order valence-corrected chi connectivity index (χ2v) is 7.72. The molecule has 1 N–H and O–H groups in total. The number of aliphatic hydroxyl groups is 1. The zero-order valence-corrected chi connectivity index (χ0v) is 13.4. The maximum Gasteiger partial charge on any atom is 0.0965 e. The first-order valence-electron chi connectivity index (χ1n) is 6.50. The number of thiophene rings is 1. The molecule has 2 aromatic rings. The average molecular weight is 296 g/mol. The summed E-state index contributed by atoms with van der Waals surface area (Å²) in [4.78, 5) is 3.48.